The lowest BCUT2D eigenvalue weighted by molar-refractivity contribution is 0.0954. The highest BCUT2D eigenvalue weighted by molar-refractivity contribution is 5.94. The molecule has 0 aliphatic heterocycles. The molecule has 1 amide bonds. The smallest absolute Gasteiger partial charge is 0.251 e. The maximum Gasteiger partial charge on any atom is 0.251 e. The minimum Gasteiger partial charge on any atom is -0.493 e. The molecule has 0 aromatic heterocycles. The van der Waals surface area contributed by atoms with Crippen LogP contribution in [0.5, 0.6) is 11.5 Å². The van der Waals surface area contributed by atoms with Crippen LogP contribution in [0.1, 0.15) is 35.3 Å². The fraction of sp³-hybridized carbons (Fsp3) is 0.318. The molecule has 4 nitrogen and oxygen atoms in total. The van der Waals surface area contributed by atoms with Gasteiger partial charge in [-0.1, -0.05) is 44.2 Å². The highest BCUT2D eigenvalue weighted by Gasteiger charge is 2.07. The van der Waals surface area contributed by atoms with Crippen LogP contribution in [-0.2, 0) is 6.42 Å². The van der Waals surface area contributed by atoms with Crippen LogP contribution < -0.4 is 14.8 Å². The van der Waals surface area contributed by atoms with Crippen molar-refractivity contribution in [1.82, 2.24) is 5.32 Å². The number of hydrogen-bond acceptors (Lipinski definition) is 3. The number of carbonyl (C=O) groups is 1. The monoisotopic (exact) mass is 353 g/mol. The Hall–Kier alpha value is -2.75. The topological polar surface area (TPSA) is 47.6 Å². The molecule has 0 unspecified atom stereocenters. The molecule has 0 aliphatic carbocycles. The average molecular weight is 353 g/mol. The lowest BCUT2D eigenvalue weighted by atomic mass is 10.1. The third kappa shape index (κ3) is 5.66. The Morgan fingerprint density at radius 1 is 1.04 bits per heavy atom. The zero-order valence-electron chi connectivity index (χ0n) is 15.9. The number of allylic oxidation sites excluding steroid dienone is 1. The molecule has 2 rings (SSSR count). The van der Waals surface area contributed by atoms with Crippen LogP contribution >= 0.6 is 0 Å². The van der Waals surface area contributed by atoms with Gasteiger partial charge in [-0.15, -0.1) is 0 Å². The molecule has 0 saturated heterocycles. The SMILES string of the molecule is COc1ccc(CCNC(=O)c2ccc(C=CC(C)C)cc2)cc1OC. The molecule has 4 heteroatoms. The van der Waals surface area contributed by atoms with Crippen molar-refractivity contribution < 1.29 is 14.3 Å². The summed E-state index contributed by atoms with van der Waals surface area (Å²) in [5.41, 5.74) is 2.84. The Labute approximate surface area is 155 Å². The van der Waals surface area contributed by atoms with Gasteiger partial charge in [-0.05, 0) is 47.7 Å². The highest BCUT2D eigenvalue weighted by atomic mass is 16.5. The van der Waals surface area contributed by atoms with Crippen LogP contribution in [0.3, 0.4) is 0 Å². The van der Waals surface area contributed by atoms with E-state index in [-0.39, 0.29) is 5.91 Å². The van der Waals surface area contributed by atoms with Gasteiger partial charge in [0.1, 0.15) is 0 Å². The number of amides is 1. The second-order valence-electron chi connectivity index (χ2n) is 6.42. The predicted molar refractivity (Wildman–Crippen MR) is 106 cm³/mol. The molecule has 2 aromatic rings. The van der Waals surface area contributed by atoms with E-state index in [9.17, 15) is 4.79 Å². The summed E-state index contributed by atoms with van der Waals surface area (Å²) in [6.45, 7) is 4.83. The summed E-state index contributed by atoms with van der Waals surface area (Å²) in [6, 6.07) is 13.4. The number of benzene rings is 2. The molecule has 0 atom stereocenters. The number of nitrogens with one attached hydrogen (secondary N) is 1. The third-order valence-electron chi connectivity index (χ3n) is 3.99. The number of methoxy groups -OCH3 is 2. The summed E-state index contributed by atoms with van der Waals surface area (Å²) < 4.78 is 10.5. The van der Waals surface area contributed by atoms with Crippen LogP contribution in [0, 0.1) is 5.92 Å². The van der Waals surface area contributed by atoms with Crippen LogP contribution in [-0.4, -0.2) is 26.7 Å². The number of rotatable bonds is 8. The molecule has 0 saturated carbocycles. The quantitative estimate of drug-likeness (QED) is 0.768. The molecule has 0 heterocycles. The van der Waals surface area contributed by atoms with Gasteiger partial charge in [0.25, 0.3) is 5.91 Å². The van der Waals surface area contributed by atoms with Crippen molar-refractivity contribution in [2.24, 2.45) is 5.92 Å². The molecule has 2 aromatic carbocycles. The number of hydrogen-bond donors (Lipinski definition) is 1. The van der Waals surface area contributed by atoms with E-state index in [1.807, 2.05) is 42.5 Å². The second-order valence-corrected chi connectivity index (χ2v) is 6.42. The van der Waals surface area contributed by atoms with Crippen LogP contribution in [0.4, 0.5) is 0 Å². The zero-order chi connectivity index (χ0) is 18.9. The summed E-state index contributed by atoms with van der Waals surface area (Å²) in [5, 5.41) is 2.95. The maximum atomic E-state index is 12.3. The fourth-order valence-electron chi connectivity index (χ4n) is 2.51. The minimum absolute atomic E-state index is 0.0649. The molecule has 0 spiro atoms. The first-order chi connectivity index (χ1) is 12.5. The van der Waals surface area contributed by atoms with Crippen molar-refractivity contribution in [2.45, 2.75) is 20.3 Å². The van der Waals surface area contributed by atoms with Gasteiger partial charge in [0.15, 0.2) is 11.5 Å². The molecule has 1 N–H and O–H groups in total. The van der Waals surface area contributed by atoms with Crippen molar-refractivity contribution in [2.75, 3.05) is 20.8 Å². The highest BCUT2D eigenvalue weighted by Crippen LogP contribution is 2.27. The van der Waals surface area contributed by atoms with E-state index in [0.717, 1.165) is 17.5 Å². The Morgan fingerprint density at radius 2 is 1.73 bits per heavy atom. The van der Waals surface area contributed by atoms with E-state index in [1.54, 1.807) is 14.2 Å². The number of carbonyl (C=O) groups excluding carboxylic acids is 1. The van der Waals surface area contributed by atoms with E-state index < -0.39 is 0 Å². The van der Waals surface area contributed by atoms with E-state index in [1.165, 1.54) is 0 Å². The Morgan fingerprint density at radius 3 is 2.35 bits per heavy atom. The van der Waals surface area contributed by atoms with Gasteiger partial charge in [0, 0.05) is 12.1 Å². The van der Waals surface area contributed by atoms with Crippen LogP contribution in [0.15, 0.2) is 48.5 Å². The zero-order valence-corrected chi connectivity index (χ0v) is 15.9. The van der Waals surface area contributed by atoms with Gasteiger partial charge in [-0.2, -0.15) is 0 Å². The molecule has 0 bridgehead atoms. The van der Waals surface area contributed by atoms with E-state index in [4.69, 9.17) is 9.47 Å². The van der Waals surface area contributed by atoms with Gasteiger partial charge < -0.3 is 14.8 Å². The molecule has 0 radical (unpaired) electrons. The van der Waals surface area contributed by atoms with Crippen molar-refractivity contribution in [3.05, 3.63) is 65.2 Å². The standard InChI is InChI=1S/C22H27NO3/c1-16(2)5-6-17-7-10-19(11-8-17)22(24)23-14-13-18-9-12-20(25-3)21(15-18)26-4/h5-12,15-16H,13-14H2,1-4H3,(H,23,24). The summed E-state index contributed by atoms with van der Waals surface area (Å²) in [7, 11) is 3.23. The van der Waals surface area contributed by atoms with Gasteiger partial charge in [0.2, 0.25) is 0 Å². The van der Waals surface area contributed by atoms with Crippen molar-refractivity contribution >= 4 is 12.0 Å². The first-order valence-corrected chi connectivity index (χ1v) is 8.81. The summed E-state index contributed by atoms with van der Waals surface area (Å²) >= 11 is 0. The third-order valence-corrected chi connectivity index (χ3v) is 3.99. The normalized spacial score (nSPS) is 11.0. The lowest BCUT2D eigenvalue weighted by Crippen LogP contribution is -2.25. The average Bonchev–Trinajstić information content (AvgIpc) is 2.66. The van der Waals surface area contributed by atoms with Gasteiger partial charge in [0.05, 0.1) is 14.2 Å². The molecule has 26 heavy (non-hydrogen) atoms. The van der Waals surface area contributed by atoms with Crippen molar-refractivity contribution in [1.29, 1.82) is 0 Å². The Kier molecular flexibility index (Phi) is 7.27. The van der Waals surface area contributed by atoms with Gasteiger partial charge >= 0.3 is 0 Å². The van der Waals surface area contributed by atoms with Crippen molar-refractivity contribution in [3.63, 3.8) is 0 Å². The summed E-state index contributed by atoms with van der Waals surface area (Å²) in [6.07, 6.45) is 4.93. The molecular formula is C22H27NO3. The first-order valence-electron chi connectivity index (χ1n) is 8.81. The predicted octanol–water partition coefficient (Wildman–Crippen LogP) is 4.35. The fourth-order valence-corrected chi connectivity index (χ4v) is 2.51. The van der Waals surface area contributed by atoms with E-state index in [2.05, 4.69) is 31.3 Å². The molecule has 0 fully saturated rings. The first kappa shape index (κ1) is 19.6. The second kappa shape index (κ2) is 9.66. The molecule has 138 valence electrons. The molecular weight excluding hydrogens is 326 g/mol. The largest absolute Gasteiger partial charge is 0.493 e. The van der Waals surface area contributed by atoms with E-state index >= 15 is 0 Å². The summed E-state index contributed by atoms with van der Waals surface area (Å²) in [5.74, 6) is 1.84. The van der Waals surface area contributed by atoms with E-state index in [0.29, 0.717) is 29.5 Å². The Bertz CT molecular complexity index is 748. The number of ether oxygens (including phenoxy) is 2. The maximum absolute atomic E-state index is 12.3. The van der Waals surface area contributed by atoms with Gasteiger partial charge in [-0.3, -0.25) is 4.79 Å². The summed E-state index contributed by atoms with van der Waals surface area (Å²) in [4.78, 5) is 12.3. The van der Waals surface area contributed by atoms with Crippen LogP contribution in [0.25, 0.3) is 6.08 Å². The van der Waals surface area contributed by atoms with Crippen molar-refractivity contribution in [3.8, 4) is 11.5 Å². The lowest BCUT2D eigenvalue weighted by Gasteiger charge is -2.10. The molecule has 0 aliphatic rings. The van der Waals surface area contributed by atoms with Crippen LogP contribution in [0.2, 0.25) is 0 Å². The van der Waals surface area contributed by atoms with Gasteiger partial charge in [-0.25, -0.2) is 0 Å². The Balaban J connectivity index is 1.88. The minimum atomic E-state index is -0.0649.